The number of phenolic OH excluding ortho intramolecular Hbond substituents is 1. The molecule has 0 aliphatic carbocycles. The van der Waals surface area contributed by atoms with Crippen LogP contribution < -0.4 is 4.90 Å². The first-order valence-electron chi connectivity index (χ1n) is 12.9. The van der Waals surface area contributed by atoms with E-state index in [2.05, 4.69) is 59.5 Å². The molecule has 0 fully saturated rings. The molecule has 0 unspecified atom stereocenters. The van der Waals surface area contributed by atoms with Gasteiger partial charge in [0, 0.05) is 38.5 Å². The van der Waals surface area contributed by atoms with Crippen LogP contribution in [0.4, 0.5) is 17.2 Å². The molecule has 0 aliphatic heterocycles. The van der Waals surface area contributed by atoms with E-state index in [4.69, 9.17) is 9.97 Å². The minimum Gasteiger partial charge on any atom is -0.507 e. The van der Waals surface area contributed by atoms with E-state index in [0.717, 1.165) is 34.9 Å². The molecule has 2 aromatic heterocycles. The number of para-hydroxylation sites is 2. The van der Waals surface area contributed by atoms with Crippen LogP contribution in [0.25, 0.3) is 22.5 Å². The number of phenols is 1. The van der Waals surface area contributed by atoms with Gasteiger partial charge >= 0.3 is 0 Å². The van der Waals surface area contributed by atoms with Crippen molar-refractivity contribution in [2.24, 2.45) is 0 Å². The van der Waals surface area contributed by atoms with Crippen molar-refractivity contribution in [3.05, 3.63) is 157 Å². The standard InChI is InChI=1S/C35H26N3O.Pt/c39-34-21-7-5-17-30(34)32-19-11-18-31(37-32)27-15-10-16-29(25-27)38(35-22-8-9-23-36-35)33-20-6-4-14-28(33)24-26-12-2-1-3-13-26;/h1-23,39H,24H2;/q-1;. The number of hydrogen-bond acceptors (Lipinski definition) is 4. The second kappa shape index (κ2) is 12.5. The Morgan fingerprint density at radius 1 is 0.650 bits per heavy atom. The van der Waals surface area contributed by atoms with Gasteiger partial charge in [0.05, 0.1) is 5.69 Å². The Balaban J connectivity index is 0.00000323. The molecule has 0 radical (unpaired) electrons. The van der Waals surface area contributed by atoms with Gasteiger partial charge in [-0.15, -0.1) is 29.8 Å². The van der Waals surface area contributed by atoms with Gasteiger partial charge in [0.1, 0.15) is 11.6 Å². The Morgan fingerprint density at radius 2 is 1.38 bits per heavy atom. The number of nitrogens with zero attached hydrogens (tertiary/aromatic N) is 3. The van der Waals surface area contributed by atoms with Gasteiger partial charge in [-0.3, -0.25) is 4.98 Å². The van der Waals surface area contributed by atoms with Crippen molar-refractivity contribution in [2.75, 3.05) is 4.90 Å². The zero-order valence-corrected chi connectivity index (χ0v) is 23.9. The van der Waals surface area contributed by atoms with Gasteiger partial charge in [-0.05, 0) is 65.3 Å². The summed E-state index contributed by atoms with van der Waals surface area (Å²) < 4.78 is 0. The van der Waals surface area contributed by atoms with Gasteiger partial charge < -0.3 is 10.0 Å². The maximum Gasteiger partial charge on any atom is 0.136 e. The van der Waals surface area contributed by atoms with Crippen molar-refractivity contribution in [3.63, 3.8) is 0 Å². The second-order valence-electron chi connectivity index (χ2n) is 9.19. The quantitative estimate of drug-likeness (QED) is 0.170. The van der Waals surface area contributed by atoms with Crippen molar-refractivity contribution < 1.29 is 26.2 Å². The number of pyridine rings is 2. The van der Waals surface area contributed by atoms with Gasteiger partial charge in [0.2, 0.25) is 0 Å². The van der Waals surface area contributed by atoms with Crippen LogP contribution in [-0.4, -0.2) is 15.1 Å². The second-order valence-corrected chi connectivity index (χ2v) is 9.19. The Kier molecular flexibility index (Phi) is 8.49. The number of benzene rings is 4. The average Bonchev–Trinajstić information content (AvgIpc) is 3.00. The van der Waals surface area contributed by atoms with E-state index >= 15 is 0 Å². The average molecular weight is 700 g/mol. The number of rotatable bonds is 7. The summed E-state index contributed by atoms with van der Waals surface area (Å²) in [5.41, 5.74) is 7.37. The zero-order valence-electron chi connectivity index (χ0n) is 21.6. The number of hydrogen-bond donors (Lipinski definition) is 1. The van der Waals surface area contributed by atoms with Gasteiger partial charge in [-0.2, -0.15) is 0 Å². The Hall–Kier alpha value is -4.53. The molecule has 40 heavy (non-hydrogen) atoms. The van der Waals surface area contributed by atoms with Crippen molar-refractivity contribution >= 4 is 17.2 Å². The first-order valence-corrected chi connectivity index (χ1v) is 12.9. The Bertz CT molecular complexity index is 1710. The van der Waals surface area contributed by atoms with Crippen LogP contribution in [0.1, 0.15) is 11.1 Å². The van der Waals surface area contributed by atoms with E-state index in [1.165, 1.54) is 11.1 Å². The largest absolute Gasteiger partial charge is 0.507 e. The fraction of sp³-hybridized carbons (Fsp3) is 0.0286. The van der Waals surface area contributed by atoms with Crippen LogP contribution in [-0.2, 0) is 27.5 Å². The number of anilines is 3. The smallest absolute Gasteiger partial charge is 0.136 e. The van der Waals surface area contributed by atoms with E-state index in [0.29, 0.717) is 11.3 Å². The van der Waals surface area contributed by atoms with Crippen molar-refractivity contribution in [1.29, 1.82) is 0 Å². The molecule has 5 heteroatoms. The molecule has 0 saturated carbocycles. The van der Waals surface area contributed by atoms with E-state index in [9.17, 15) is 5.11 Å². The first-order chi connectivity index (χ1) is 19.3. The fourth-order valence-corrected chi connectivity index (χ4v) is 4.72. The third kappa shape index (κ3) is 5.88. The van der Waals surface area contributed by atoms with Gasteiger partial charge in [-0.1, -0.05) is 78.9 Å². The predicted molar refractivity (Wildman–Crippen MR) is 157 cm³/mol. The summed E-state index contributed by atoms with van der Waals surface area (Å²) >= 11 is 0. The summed E-state index contributed by atoms with van der Waals surface area (Å²) in [4.78, 5) is 11.7. The van der Waals surface area contributed by atoms with Crippen LogP contribution in [0.3, 0.4) is 0 Å². The van der Waals surface area contributed by atoms with E-state index < -0.39 is 0 Å². The number of aromatic nitrogens is 2. The molecule has 2 heterocycles. The summed E-state index contributed by atoms with van der Waals surface area (Å²) in [6, 6.07) is 47.6. The SMILES string of the molecule is Oc1ccccc1-c1cccc(-c2[c-]c(N(c3ccccn3)c3ccccc3Cc3ccccc3)ccc2)n1.[Pt]. The fourth-order valence-electron chi connectivity index (χ4n) is 4.72. The molecule has 4 nitrogen and oxygen atoms in total. The summed E-state index contributed by atoms with van der Waals surface area (Å²) in [5, 5.41) is 10.4. The zero-order chi connectivity index (χ0) is 26.4. The molecule has 0 spiro atoms. The molecule has 0 bridgehead atoms. The monoisotopic (exact) mass is 699 g/mol. The van der Waals surface area contributed by atoms with Crippen LogP contribution in [0, 0.1) is 6.07 Å². The van der Waals surface area contributed by atoms with Crippen molar-refractivity contribution in [2.45, 2.75) is 6.42 Å². The van der Waals surface area contributed by atoms with Crippen LogP contribution in [0.5, 0.6) is 5.75 Å². The molecular weight excluding hydrogens is 673 g/mol. The van der Waals surface area contributed by atoms with E-state index in [1.54, 1.807) is 6.07 Å². The van der Waals surface area contributed by atoms with Gasteiger partial charge in [0.15, 0.2) is 0 Å². The third-order valence-corrected chi connectivity index (χ3v) is 6.57. The molecule has 0 saturated heterocycles. The summed E-state index contributed by atoms with van der Waals surface area (Å²) in [6.07, 6.45) is 2.60. The molecule has 198 valence electrons. The maximum absolute atomic E-state index is 10.4. The van der Waals surface area contributed by atoms with Crippen molar-refractivity contribution in [1.82, 2.24) is 9.97 Å². The molecule has 0 atom stereocenters. The maximum atomic E-state index is 10.4. The minimum absolute atomic E-state index is 0. The summed E-state index contributed by atoms with van der Waals surface area (Å²) in [6.45, 7) is 0. The minimum atomic E-state index is 0. The van der Waals surface area contributed by atoms with Gasteiger partial charge in [-0.25, -0.2) is 4.98 Å². The number of aromatic hydroxyl groups is 1. The Labute approximate surface area is 248 Å². The molecule has 0 aliphatic rings. The molecule has 6 aromatic rings. The van der Waals surface area contributed by atoms with Crippen LogP contribution in [0.15, 0.2) is 140 Å². The predicted octanol–water partition coefficient (Wildman–Crippen LogP) is 8.37. The summed E-state index contributed by atoms with van der Waals surface area (Å²) in [5.74, 6) is 1.01. The normalized spacial score (nSPS) is 10.5. The molecule has 0 amide bonds. The van der Waals surface area contributed by atoms with Crippen LogP contribution >= 0.6 is 0 Å². The van der Waals surface area contributed by atoms with Gasteiger partial charge in [0.25, 0.3) is 0 Å². The first kappa shape index (κ1) is 27.1. The Morgan fingerprint density at radius 3 is 2.20 bits per heavy atom. The van der Waals surface area contributed by atoms with Crippen LogP contribution in [0.2, 0.25) is 0 Å². The van der Waals surface area contributed by atoms with E-state index in [-0.39, 0.29) is 26.8 Å². The van der Waals surface area contributed by atoms with Crippen molar-refractivity contribution in [3.8, 4) is 28.3 Å². The topological polar surface area (TPSA) is 49.2 Å². The third-order valence-electron chi connectivity index (χ3n) is 6.57. The molecule has 4 aromatic carbocycles. The summed E-state index contributed by atoms with van der Waals surface area (Å²) in [7, 11) is 0. The van der Waals surface area contributed by atoms with E-state index in [1.807, 2.05) is 85.1 Å². The molecule has 6 rings (SSSR count). The molecule has 1 N–H and O–H groups in total. The molecular formula is C35H26N3OPt-.